The van der Waals surface area contributed by atoms with Crippen LogP contribution in [-0.4, -0.2) is 16.5 Å². The van der Waals surface area contributed by atoms with E-state index in [2.05, 4.69) is 11.1 Å². The fourth-order valence-electron chi connectivity index (χ4n) is 2.43. The average molecular weight is 254 g/mol. The number of hydrogen-bond acceptors (Lipinski definition) is 2. The quantitative estimate of drug-likeness (QED) is 0.756. The standard InChI is InChI=1S/C14H20ClNO/c1-10(2)17-14-7-12(8-16-9-14)11-4-3-5-13(15)6-11/h7-11,13H,3-6H2,1-2H3. The summed E-state index contributed by atoms with van der Waals surface area (Å²) in [5, 5.41) is 0.323. The maximum Gasteiger partial charge on any atom is 0.138 e. The van der Waals surface area contributed by atoms with Crippen LogP contribution in [-0.2, 0) is 0 Å². The van der Waals surface area contributed by atoms with Crippen LogP contribution in [0.5, 0.6) is 5.75 Å². The molecule has 2 atom stereocenters. The van der Waals surface area contributed by atoms with Crippen LogP contribution in [0, 0.1) is 0 Å². The van der Waals surface area contributed by atoms with Gasteiger partial charge in [-0.05, 0) is 50.7 Å². The normalized spacial score (nSPS) is 24.9. The second-order valence-electron chi connectivity index (χ2n) is 5.08. The molecule has 1 saturated carbocycles. The van der Waals surface area contributed by atoms with Crippen molar-refractivity contribution < 1.29 is 4.74 Å². The van der Waals surface area contributed by atoms with E-state index in [9.17, 15) is 0 Å². The fourth-order valence-corrected chi connectivity index (χ4v) is 2.80. The monoisotopic (exact) mass is 253 g/mol. The minimum absolute atomic E-state index is 0.194. The number of hydrogen-bond donors (Lipinski definition) is 0. The summed E-state index contributed by atoms with van der Waals surface area (Å²) in [7, 11) is 0. The summed E-state index contributed by atoms with van der Waals surface area (Å²) in [6, 6.07) is 2.12. The minimum Gasteiger partial charge on any atom is -0.489 e. The highest BCUT2D eigenvalue weighted by Crippen LogP contribution is 2.35. The van der Waals surface area contributed by atoms with Crippen LogP contribution in [0.4, 0.5) is 0 Å². The third-order valence-electron chi connectivity index (χ3n) is 3.19. The van der Waals surface area contributed by atoms with Gasteiger partial charge >= 0.3 is 0 Å². The van der Waals surface area contributed by atoms with E-state index in [0.717, 1.165) is 18.6 Å². The van der Waals surface area contributed by atoms with Gasteiger partial charge in [-0.1, -0.05) is 6.42 Å². The fraction of sp³-hybridized carbons (Fsp3) is 0.643. The van der Waals surface area contributed by atoms with Gasteiger partial charge < -0.3 is 4.74 Å². The molecule has 1 aliphatic rings. The van der Waals surface area contributed by atoms with Gasteiger partial charge in [0.2, 0.25) is 0 Å². The molecule has 2 rings (SSSR count). The molecular weight excluding hydrogens is 234 g/mol. The first-order valence-corrected chi connectivity index (χ1v) is 6.84. The molecule has 1 aromatic heterocycles. The van der Waals surface area contributed by atoms with Gasteiger partial charge in [0.05, 0.1) is 12.3 Å². The van der Waals surface area contributed by atoms with Crippen LogP contribution in [0.2, 0.25) is 0 Å². The lowest BCUT2D eigenvalue weighted by molar-refractivity contribution is 0.241. The number of pyridine rings is 1. The summed E-state index contributed by atoms with van der Waals surface area (Å²) in [5.74, 6) is 1.42. The Morgan fingerprint density at radius 3 is 2.88 bits per heavy atom. The zero-order valence-corrected chi connectivity index (χ0v) is 11.3. The zero-order valence-electron chi connectivity index (χ0n) is 10.5. The van der Waals surface area contributed by atoms with Gasteiger partial charge in [-0.3, -0.25) is 4.98 Å². The first-order valence-electron chi connectivity index (χ1n) is 6.41. The van der Waals surface area contributed by atoms with E-state index in [1.807, 2.05) is 20.0 Å². The molecule has 0 aromatic carbocycles. The maximum absolute atomic E-state index is 6.23. The van der Waals surface area contributed by atoms with Gasteiger partial charge in [0.25, 0.3) is 0 Å². The SMILES string of the molecule is CC(C)Oc1cncc(C2CCCC(Cl)C2)c1. The van der Waals surface area contributed by atoms with Crippen molar-refractivity contribution in [3.63, 3.8) is 0 Å². The Kier molecular flexibility index (Phi) is 4.27. The van der Waals surface area contributed by atoms with Crippen LogP contribution in [0.1, 0.15) is 51.0 Å². The first kappa shape index (κ1) is 12.7. The molecule has 94 valence electrons. The topological polar surface area (TPSA) is 22.1 Å². The molecule has 0 saturated heterocycles. The number of alkyl halides is 1. The van der Waals surface area contributed by atoms with Crippen LogP contribution < -0.4 is 4.74 Å². The van der Waals surface area contributed by atoms with E-state index in [4.69, 9.17) is 16.3 Å². The Balaban J connectivity index is 2.09. The van der Waals surface area contributed by atoms with Crippen LogP contribution >= 0.6 is 11.6 Å². The molecule has 3 heteroatoms. The summed E-state index contributed by atoms with van der Waals surface area (Å²) < 4.78 is 5.68. The highest BCUT2D eigenvalue weighted by atomic mass is 35.5. The van der Waals surface area contributed by atoms with E-state index in [1.165, 1.54) is 18.4 Å². The molecular formula is C14H20ClNO. The second kappa shape index (κ2) is 5.72. The van der Waals surface area contributed by atoms with E-state index in [0.29, 0.717) is 11.3 Å². The van der Waals surface area contributed by atoms with Crippen LogP contribution in [0.25, 0.3) is 0 Å². The largest absolute Gasteiger partial charge is 0.489 e. The van der Waals surface area contributed by atoms with Gasteiger partial charge in [0, 0.05) is 11.6 Å². The number of halogens is 1. The summed E-state index contributed by atoms with van der Waals surface area (Å²) in [6.07, 6.45) is 8.57. The van der Waals surface area contributed by atoms with Crippen LogP contribution in [0.3, 0.4) is 0 Å². The van der Waals surface area contributed by atoms with E-state index in [-0.39, 0.29) is 6.10 Å². The summed E-state index contributed by atoms with van der Waals surface area (Å²) >= 11 is 6.23. The molecule has 0 bridgehead atoms. The molecule has 2 unspecified atom stereocenters. The lowest BCUT2D eigenvalue weighted by atomic mass is 9.84. The van der Waals surface area contributed by atoms with Crippen molar-refractivity contribution in [3.8, 4) is 5.75 Å². The van der Waals surface area contributed by atoms with Crippen molar-refractivity contribution in [3.05, 3.63) is 24.0 Å². The molecule has 0 amide bonds. The smallest absolute Gasteiger partial charge is 0.138 e. The Morgan fingerprint density at radius 2 is 2.18 bits per heavy atom. The molecule has 1 aliphatic carbocycles. The molecule has 0 aliphatic heterocycles. The lowest BCUT2D eigenvalue weighted by Crippen LogP contribution is -2.14. The molecule has 1 fully saturated rings. The number of rotatable bonds is 3. The predicted octanol–water partition coefficient (Wildman–Crippen LogP) is 4.13. The number of nitrogens with zero attached hydrogens (tertiary/aromatic N) is 1. The van der Waals surface area contributed by atoms with Gasteiger partial charge in [-0.15, -0.1) is 11.6 Å². The Morgan fingerprint density at radius 1 is 1.35 bits per heavy atom. The summed E-state index contributed by atoms with van der Waals surface area (Å²) in [6.45, 7) is 4.06. The Labute approximate surface area is 108 Å². The van der Waals surface area contributed by atoms with Crippen molar-refractivity contribution in [2.75, 3.05) is 0 Å². The zero-order chi connectivity index (χ0) is 12.3. The molecule has 17 heavy (non-hydrogen) atoms. The van der Waals surface area contributed by atoms with Crippen molar-refractivity contribution in [2.24, 2.45) is 0 Å². The number of ether oxygens (including phenoxy) is 1. The Hall–Kier alpha value is -0.760. The van der Waals surface area contributed by atoms with E-state index >= 15 is 0 Å². The van der Waals surface area contributed by atoms with E-state index < -0.39 is 0 Å². The summed E-state index contributed by atoms with van der Waals surface area (Å²) in [4.78, 5) is 4.27. The first-order chi connectivity index (χ1) is 8.15. The van der Waals surface area contributed by atoms with E-state index in [1.54, 1.807) is 6.20 Å². The average Bonchev–Trinajstić information content (AvgIpc) is 2.28. The van der Waals surface area contributed by atoms with Crippen molar-refractivity contribution >= 4 is 11.6 Å². The van der Waals surface area contributed by atoms with Gasteiger partial charge in [-0.2, -0.15) is 0 Å². The van der Waals surface area contributed by atoms with Crippen LogP contribution in [0.15, 0.2) is 18.5 Å². The molecule has 0 N–H and O–H groups in total. The molecule has 2 nitrogen and oxygen atoms in total. The highest BCUT2D eigenvalue weighted by Gasteiger charge is 2.22. The van der Waals surface area contributed by atoms with Crippen molar-refractivity contribution in [1.82, 2.24) is 4.98 Å². The summed E-state index contributed by atoms with van der Waals surface area (Å²) in [5.41, 5.74) is 1.27. The van der Waals surface area contributed by atoms with Gasteiger partial charge in [-0.25, -0.2) is 0 Å². The third kappa shape index (κ3) is 3.60. The predicted molar refractivity (Wildman–Crippen MR) is 70.9 cm³/mol. The highest BCUT2D eigenvalue weighted by molar-refractivity contribution is 6.20. The molecule has 0 spiro atoms. The van der Waals surface area contributed by atoms with Gasteiger partial charge in [0.1, 0.15) is 5.75 Å². The third-order valence-corrected chi connectivity index (χ3v) is 3.58. The minimum atomic E-state index is 0.194. The van der Waals surface area contributed by atoms with Crippen molar-refractivity contribution in [2.45, 2.75) is 56.9 Å². The maximum atomic E-state index is 6.23. The molecule has 0 radical (unpaired) electrons. The lowest BCUT2D eigenvalue weighted by Gasteiger charge is -2.25. The van der Waals surface area contributed by atoms with Crippen molar-refractivity contribution in [1.29, 1.82) is 0 Å². The van der Waals surface area contributed by atoms with Gasteiger partial charge in [0.15, 0.2) is 0 Å². The second-order valence-corrected chi connectivity index (χ2v) is 5.70. The molecule has 1 aromatic rings. The number of aromatic nitrogens is 1. The molecule has 1 heterocycles. The Bertz CT molecular complexity index is 367.